The molecule has 0 bridgehead atoms. The van der Waals surface area contributed by atoms with E-state index in [1.807, 2.05) is 0 Å². The van der Waals surface area contributed by atoms with Gasteiger partial charge in [0.25, 0.3) is 0 Å². The van der Waals surface area contributed by atoms with E-state index in [0.29, 0.717) is 0 Å². The maximum atomic E-state index is 14.0. The monoisotopic (exact) mass is 305 g/mol. The van der Waals surface area contributed by atoms with E-state index in [0.717, 1.165) is 6.20 Å². The van der Waals surface area contributed by atoms with Gasteiger partial charge in [-0.1, -0.05) is 11.6 Å². The van der Waals surface area contributed by atoms with Crippen molar-refractivity contribution in [1.82, 2.24) is 4.98 Å². The van der Waals surface area contributed by atoms with E-state index in [1.165, 1.54) is 19.2 Å². The zero-order valence-electron chi connectivity index (χ0n) is 9.99. The predicted molar refractivity (Wildman–Crippen MR) is 64.7 cm³/mol. The van der Waals surface area contributed by atoms with Crippen molar-refractivity contribution in [1.29, 1.82) is 0 Å². The summed E-state index contributed by atoms with van der Waals surface area (Å²) in [5.41, 5.74) is -0.157. The van der Waals surface area contributed by atoms with Crippen LogP contribution >= 0.6 is 11.6 Å². The van der Waals surface area contributed by atoms with Crippen molar-refractivity contribution in [2.45, 2.75) is 6.61 Å². The van der Waals surface area contributed by atoms with E-state index in [4.69, 9.17) is 11.6 Å². The molecule has 0 radical (unpaired) electrons. The van der Waals surface area contributed by atoms with Crippen molar-refractivity contribution < 1.29 is 27.4 Å². The fourth-order valence-electron chi connectivity index (χ4n) is 1.62. The molecule has 0 N–H and O–H groups in total. The molecule has 0 spiro atoms. The number of rotatable bonds is 3. The van der Waals surface area contributed by atoms with Gasteiger partial charge in [-0.2, -0.15) is 8.78 Å². The summed E-state index contributed by atoms with van der Waals surface area (Å²) >= 11 is 5.68. The molecule has 0 aliphatic heterocycles. The van der Waals surface area contributed by atoms with Gasteiger partial charge in [-0.25, -0.2) is 9.18 Å². The van der Waals surface area contributed by atoms with Gasteiger partial charge in [0, 0.05) is 11.6 Å². The van der Waals surface area contributed by atoms with Gasteiger partial charge in [0.05, 0.1) is 17.7 Å². The first-order valence-electron chi connectivity index (χ1n) is 5.25. The quantitative estimate of drug-likeness (QED) is 0.815. The minimum absolute atomic E-state index is 0.0815. The molecule has 0 fully saturated rings. The summed E-state index contributed by atoms with van der Waals surface area (Å²) in [6.45, 7) is -3.21. The summed E-state index contributed by atoms with van der Waals surface area (Å²) in [4.78, 5) is 15.0. The summed E-state index contributed by atoms with van der Waals surface area (Å²) in [5.74, 6) is -2.57. The standard InChI is InChI=1S/C12H7ClF3NO3/c1-19-11(18)6-2-5-3-7(13)10(20-12(15)16)8(14)9(5)17-4-6/h2-4,12H,1H3. The van der Waals surface area contributed by atoms with Crippen LogP contribution in [0, 0.1) is 5.82 Å². The molecule has 1 heterocycles. The fraction of sp³-hybridized carbons (Fsp3) is 0.167. The van der Waals surface area contributed by atoms with Crippen molar-refractivity contribution in [3.63, 3.8) is 0 Å². The average Bonchev–Trinajstić information content (AvgIpc) is 2.41. The molecule has 20 heavy (non-hydrogen) atoms. The number of aromatic nitrogens is 1. The third kappa shape index (κ3) is 2.62. The van der Waals surface area contributed by atoms with Crippen LogP contribution in [0.5, 0.6) is 5.75 Å². The minimum atomic E-state index is -3.21. The smallest absolute Gasteiger partial charge is 0.387 e. The van der Waals surface area contributed by atoms with Gasteiger partial charge in [0.15, 0.2) is 11.6 Å². The first kappa shape index (κ1) is 14.4. The molecule has 2 aromatic rings. The number of hydrogen-bond acceptors (Lipinski definition) is 4. The van der Waals surface area contributed by atoms with Crippen LogP contribution in [0.25, 0.3) is 10.9 Å². The zero-order chi connectivity index (χ0) is 14.9. The topological polar surface area (TPSA) is 48.4 Å². The highest BCUT2D eigenvalue weighted by Crippen LogP contribution is 2.34. The molecule has 106 valence electrons. The molecular formula is C12H7ClF3NO3. The molecule has 1 aromatic heterocycles. The van der Waals surface area contributed by atoms with Crippen molar-refractivity contribution in [3.05, 3.63) is 34.7 Å². The number of pyridine rings is 1. The second kappa shape index (κ2) is 5.54. The van der Waals surface area contributed by atoms with Crippen LogP contribution in [-0.4, -0.2) is 24.7 Å². The first-order valence-corrected chi connectivity index (χ1v) is 5.62. The second-order valence-corrected chi connectivity index (χ2v) is 4.07. The molecule has 2 rings (SSSR count). The van der Waals surface area contributed by atoms with E-state index in [1.54, 1.807) is 0 Å². The summed E-state index contributed by atoms with van der Waals surface area (Å²) in [5, 5.41) is -0.184. The third-order valence-electron chi connectivity index (χ3n) is 2.45. The van der Waals surface area contributed by atoms with Crippen LogP contribution < -0.4 is 4.74 Å². The van der Waals surface area contributed by atoms with Crippen molar-refractivity contribution >= 4 is 28.5 Å². The van der Waals surface area contributed by atoms with Gasteiger partial charge in [-0.05, 0) is 12.1 Å². The summed E-state index contributed by atoms with van der Waals surface area (Å²) < 4.78 is 46.8. The Morgan fingerprint density at radius 3 is 2.70 bits per heavy atom. The Kier molecular flexibility index (Phi) is 3.99. The number of fused-ring (bicyclic) bond motifs is 1. The van der Waals surface area contributed by atoms with E-state index in [-0.39, 0.29) is 21.5 Å². The lowest BCUT2D eigenvalue weighted by atomic mass is 10.1. The average molecular weight is 306 g/mol. The van der Waals surface area contributed by atoms with Gasteiger partial charge in [-0.15, -0.1) is 0 Å². The molecular weight excluding hydrogens is 299 g/mol. The summed E-state index contributed by atoms with van der Waals surface area (Å²) in [7, 11) is 1.18. The van der Waals surface area contributed by atoms with E-state index in [9.17, 15) is 18.0 Å². The van der Waals surface area contributed by atoms with Crippen molar-refractivity contribution in [2.24, 2.45) is 0 Å². The van der Waals surface area contributed by atoms with Crippen LogP contribution in [0.1, 0.15) is 10.4 Å². The number of ether oxygens (including phenoxy) is 2. The molecule has 0 aliphatic rings. The molecule has 0 saturated carbocycles. The summed E-state index contributed by atoms with van der Waals surface area (Å²) in [6.07, 6.45) is 1.07. The highest BCUT2D eigenvalue weighted by molar-refractivity contribution is 6.32. The fourth-order valence-corrected chi connectivity index (χ4v) is 1.86. The highest BCUT2D eigenvalue weighted by Gasteiger charge is 2.19. The molecule has 0 aliphatic carbocycles. The lowest BCUT2D eigenvalue weighted by Crippen LogP contribution is -2.06. The minimum Gasteiger partial charge on any atom is -0.465 e. The van der Waals surface area contributed by atoms with E-state index < -0.39 is 24.1 Å². The Morgan fingerprint density at radius 2 is 2.10 bits per heavy atom. The number of esters is 1. The second-order valence-electron chi connectivity index (χ2n) is 3.67. The zero-order valence-corrected chi connectivity index (χ0v) is 10.7. The number of carbonyl (C=O) groups is 1. The lowest BCUT2D eigenvalue weighted by Gasteiger charge is -2.10. The largest absolute Gasteiger partial charge is 0.465 e. The number of carbonyl (C=O) groups excluding carboxylic acids is 1. The van der Waals surface area contributed by atoms with Crippen LogP contribution in [0.4, 0.5) is 13.2 Å². The third-order valence-corrected chi connectivity index (χ3v) is 2.73. The number of hydrogen-bond donors (Lipinski definition) is 0. The van der Waals surface area contributed by atoms with Crippen molar-refractivity contribution in [2.75, 3.05) is 7.11 Å². The number of benzene rings is 1. The predicted octanol–water partition coefficient (Wildman–Crippen LogP) is 3.42. The number of halogens is 4. The summed E-state index contributed by atoms with van der Waals surface area (Å²) in [6, 6.07) is 2.46. The lowest BCUT2D eigenvalue weighted by molar-refractivity contribution is -0.0519. The van der Waals surface area contributed by atoms with Gasteiger partial charge >= 0.3 is 12.6 Å². The Hall–Kier alpha value is -2.02. The van der Waals surface area contributed by atoms with Gasteiger partial charge in [0.2, 0.25) is 0 Å². The maximum absolute atomic E-state index is 14.0. The number of methoxy groups -OCH3 is 1. The number of alkyl halides is 2. The van der Waals surface area contributed by atoms with Gasteiger partial charge in [-0.3, -0.25) is 4.98 Å². The Morgan fingerprint density at radius 1 is 1.40 bits per heavy atom. The van der Waals surface area contributed by atoms with Gasteiger partial charge in [0.1, 0.15) is 5.52 Å². The number of nitrogens with zero attached hydrogens (tertiary/aromatic N) is 1. The normalized spacial score (nSPS) is 10.9. The van der Waals surface area contributed by atoms with Gasteiger partial charge < -0.3 is 9.47 Å². The highest BCUT2D eigenvalue weighted by atomic mass is 35.5. The molecule has 8 heteroatoms. The Labute approximate surface area is 116 Å². The van der Waals surface area contributed by atoms with Crippen LogP contribution in [-0.2, 0) is 4.74 Å². The SMILES string of the molecule is COC(=O)c1cnc2c(F)c(OC(F)F)c(Cl)cc2c1. The Bertz CT molecular complexity index is 679. The van der Waals surface area contributed by atoms with Crippen molar-refractivity contribution in [3.8, 4) is 5.75 Å². The molecule has 0 amide bonds. The molecule has 0 unspecified atom stereocenters. The molecule has 0 atom stereocenters. The molecule has 0 saturated heterocycles. The maximum Gasteiger partial charge on any atom is 0.387 e. The molecule has 4 nitrogen and oxygen atoms in total. The molecule has 1 aromatic carbocycles. The first-order chi connectivity index (χ1) is 9.43. The van der Waals surface area contributed by atoms with Crippen LogP contribution in [0.2, 0.25) is 5.02 Å². The van der Waals surface area contributed by atoms with E-state index >= 15 is 0 Å². The Balaban J connectivity index is 2.60. The van der Waals surface area contributed by atoms with Crippen LogP contribution in [0.15, 0.2) is 18.3 Å². The van der Waals surface area contributed by atoms with Crippen LogP contribution in [0.3, 0.4) is 0 Å². The van der Waals surface area contributed by atoms with E-state index in [2.05, 4.69) is 14.5 Å².